The van der Waals surface area contributed by atoms with Gasteiger partial charge in [-0.25, -0.2) is 9.97 Å². The number of unbranched alkanes of at least 4 members (excludes halogenated alkanes) is 1. The summed E-state index contributed by atoms with van der Waals surface area (Å²) in [6.07, 6.45) is 8.27. The van der Waals surface area contributed by atoms with E-state index in [4.69, 9.17) is 15.0 Å². The van der Waals surface area contributed by atoms with Crippen molar-refractivity contribution in [2.45, 2.75) is 102 Å². The van der Waals surface area contributed by atoms with Crippen LogP contribution in [0, 0.1) is 5.92 Å². The molecule has 2 aromatic rings. The number of aromatic nitrogens is 3. The highest BCUT2D eigenvalue weighted by molar-refractivity contribution is 8.00. The summed E-state index contributed by atoms with van der Waals surface area (Å²) in [5.74, 6) is 1.24. The van der Waals surface area contributed by atoms with Gasteiger partial charge in [-0.15, -0.1) is 6.58 Å². The van der Waals surface area contributed by atoms with E-state index in [0.717, 1.165) is 41.3 Å². The Morgan fingerprint density at radius 3 is 2.56 bits per heavy atom. The average molecular weight is 480 g/mol. The minimum atomic E-state index is -0.0540. The van der Waals surface area contributed by atoms with Gasteiger partial charge in [-0.3, -0.25) is 0 Å². The first kappa shape index (κ1) is 26.9. The fraction of sp³-hybridized carbons (Fsp3) is 0.708. The highest BCUT2D eigenvalue weighted by atomic mass is 32.2. The highest BCUT2D eigenvalue weighted by Crippen LogP contribution is 2.38. The van der Waals surface area contributed by atoms with Crippen LogP contribution in [0.4, 0.5) is 10.9 Å². The molecule has 1 unspecified atom stereocenters. The number of anilines is 2. The molecule has 0 saturated carbocycles. The summed E-state index contributed by atoms with van der Waals surface area (Å²) in [4.78, 5) is 14.5. The highest BCUT2D eigenvalue weighted by Gasteiger charge is 2.23. The van der Waals surface area contributed by atoms with Crippen LogP contribution in [0.15, 0.2) is 17.8 Å². The molecule has 2 heterocycles. The molecule has 0 radical (unpaired) electrons. The third kappa shape index (κ3) is 8.52. The number of thioether (sulfide) groups is 1. The van der Waals surface area contributed by atoms with Crippen LogP contribution in [0.2, 0.25) is 0 Å². The van der Waals surface area contributed by atoms with Crippen molar-refractivity contribution in [1.29, 1.82) is 0 Å². The first-order valence-corrected chi connectivity index (χ1v) is 13.4. The number of allylic oxidation sites excluding steroid dienone is 1. The van der Waals surface area contributed by atoms with Crippen molar-refractivity contribution >= 4 is 44.4 Å². The van der Waals surface area contributed by atoms with Gasteiger partial charge in [0, 0.05) is 10.8 Å². The second kappa shape index (κ2) is 12.8. The van der Waals surface area contributed by atoms with Crippen molar-refractivity contribution in [2.75, 3.05) is 17.2 Å². The van der Waals surface area contributed by atoms with E-state index in [9.17, 15) is 5.11 Å². The number of aliphatic hydroxyl groups excluding tert-OH is 1. The molecule has 0 amide bonds. The largest absolute Gasteiger partial charge is 0.394 e. The van der Waals surface area contributed by atoms with Crippen LogP contribution in [0.1, 0.15) is 80.1 Å². The zero-order valence-electron chi connectivity index (χ0n) is 20.6. The Morgan fingerprint density at radius 2 is 1.94 bits per heavy atom. The van der Waals surface area contributed by atoms with Gasteiger partial charge in [-0.2, -0.15) is 4.98 Å². The molecule has 32 heavy (non-hydrogen) atoms. The first-order valence-electron chi connectivity index (χ1n) is 11.8. The third-order valence-corrected chi connectivity index (χ3v) is 7.33. The number of aliphatic hydroxyl groups is 1. The number of hydrogen-bond acceptors (Lipinski definition) is 8. The van der Waals surface area contributed by atoms with E-state index in [1.165, 1.54) is 12.8 Å². The molecule has 180 valence electrons. The lowest BCUT2D eigenvalue weighted by molar-refractivity contribution is 0.259. The van der Waals surface area contributed by atoms with E-state index >= 15 is 0 Å². The standard InChI is InChI=1S/C24H41N5OS2/c1-8-10-12-17(5)25-22-27-21-19(31-22)20(26-18(15-30)14-16(3)4)28-23(29-21)32-24(6,7)13-11-9-2/h9,16-18,30H,2,8,10-15H2,1,3-7H3,(H2,25,26,27,28,29)/t17?,18-/m1/s1. The van der Waals surface area contributed by atoms with Gasteiger partial charge in [0.25, 0.3) is 0 Å². The van der Waals surface area contributed by atoms with Gasteiger partial charge in [0.15, 0.2) is 21.8 Å². The Hall–Kier alpha value is -1.38. The van der Waals surface area contributed by atoms with E-state index in [-0.39, 0.29) is 17.4 Å². The maximum Gasteiger partial charge on any atom is 0.192 e. The molecule has 8 heteroatoms. The smallest absolute Gasteiger partial charge is 0.192 e. The molecule has 0 aliphatic heterocycles. The van der Waals surface area contributed by atoms with Gasteiger partial charge in [0.1, 0.15) is 4.70 Å². The first-order chi connectivity index (χ1) is 15.2. The zero-order chi connectivity index (χ0) is 23.7. The van der Waals surface area contributed by atoms with Gasteiger partial charge in [-0.05, 0) is 38.5 Å². The van der Waals surface area contributed by atoms with Crippen molar-refractivity contribution < 1.29 is 5.11 Å². The lowest BCUT2D eigenvalue weighted by Crippen LogP contribution is -2.26. The van der Waals surface area contributed by atoms with E-state index in [2.05, 4.69) is 58.8 Å². The molecule has 0 bridgehead atoms. The quantitative estimate of drug-likeness (QED) is 0.148. The monoisotopic (exact) mass is 479 g/mol. The molecule has 0 spiro atoms. The predicted octanol–water partition coefficient (Wildman–Crippen LogP) is 6.73. The average Bonchev–Trinajstić information content (AvgIpc) is 3.11. The Balaban J connectivity index is 2.37. The Bertz CT molecular complexity index is 852. The summed E-state index contributed by atoms with van der Waals surface area (Å²) in [5, 5.41) is 18.5. The topological polar surface area (TPSA) is 83.0 Å². The van der Waals surface area contributed by atoms with Crippen LogP contribution in [-0.4, -0.2) is 43.5 Å². The van der Waals surface area contributed by atoms with Gasteiger partial charge < -0.3 is 15.7 Å². The molecule has 6 nitrogen and oxygen atoms in total. The molecule has 0 fully saturated rings. The van der Waals surface area contributed by atoms with Crippen LogP contribution in [0.3, 0.4) is 0 Å². The second-order valence-electron chi connectivity index (χ2n) is 9.56. The molecule has 0 aliphatic carbocycles. The summed E-state index contributed by atoms with van der Waals surface area (Å²) in [5.41, 5.74) is 0.709. The number of thiazole rings is 1. The number of hydrogen-bond donors (Lipinski definition) is 3. The minimum absolute atomic E-state index is 0.0147. The summed E-state index contributed by atoms with van der Waals surface area (Å²) in [6, 6.07) is 0.305. The van der Waals surface area contributed by atoms with Gasteiger partial charge in [0.2, 0.25) is 0 Å². The predicted molar refractivity (Wildman–Crippen MR) is 141 cm³/mol. The zero-order valence-corrected chi connectivity index (χ0v) is 22.2. The fourth-order valence-corrected chi connectivity index (χ4v) is 5.44. The molecule has 0 aromatic carbocycles. The normalized spacial score (nSPS) is 14.0. The summed E-state index contributed by atoms with van der Waals surface area (Å²) >= 11 is 3.25. The second-order valence-corrected chi connectivity index (χ2v) is 12.2. The van der Waals surface area contributed by atoms with E-state index in [1.807, 2.05) is 6.08 Å². The molecule has 0 aliphatic rings. The molecule has 2 atom stereocenters. The number of fused-ring (bicyclic) bond motifs is 1. The number of nitrogens with zero attached hydrogens (tertiary/aromatic N) is 3. The van der Waals surface area contributed by atoms with Crippen molar-refractivity contribution in [3.8, 4) is 0 Å². The van der Waals surface area contributed by atoms with Gasteiger partial charge >= 0.3 is 0 Å². The van der Waals surface area contributed by atoms with Crippen LogP contribution in [0.25, 0.3) is 10.3 Å². The minimum Gasteiger partial charge on any atom is -0.394 e. The van der Waals surface area contributed by atoms with E-state index in [0.29, 0.717) is 22.8 Å². The molecule has 0 saturated heterocycles. The lowest BCUT2D eigenvalue weighted by atomic mass is 10.0. The maximum absolute atomic E-state index is 9.92. The molecule has 2 aromatic heterocycles. The summed E-state index contributed by atoms with van der Waals surface area (Å²) in [7, 11) is 0. The fourth-order valence-electron chi connectivity index (χ4n) is 3.49. The van der Waals surface area contributed by atoms with Gasteiger partial charge in [0.05, 0.1) is 12.6 Å². The van der Waals surface area contributed by atoms with Crippen LogP contribution in [-0.2, 0) is 0 Å². The molecular weight excluding hydrogens is 438 g/mol. The Labute approximate surface area is 202 Å². The van der Waals surface area contributed by atoms with Crippen molar-refractivity contribution in [3.63, 3.8) is 0 Å². The van der Waals surface area contributed by atoms with Crippen LogP contribution >= 0.6 is 23.1 Å². The van der Waals surface area contributed by atoms with Crippen LogP contribution in [0.5, 0.6) is 0 Å². The Morgan fingerprint density at radius 1 is 1.19 bits per heavy atom. The Kier molecular flexibility index (Phi) is 10.7. The molecule has 3 N–H and O–H groups in total. The van der Waals surface area contributed by atoms with Gasteiger partial charge in [-0.1, -0.05) is 76.6 Å². The lowest BCUT2D eigenvalue weighted by Gasteiger charge is -2.23. The SMILES string of the molecule is C=CCCC(C)(C)Sc1nc(N[C@@H](CO)CC(C)C)c2sc(NC(C)CCCC)nc2n1. The summed E-state index contributed by atoms with van der Waals surface area (Å²) < 4.78 is 0.921. The molecular formula is C24H41N5OS2. The van der Waals surface area contributed by atoms with E-state index in [1.54, 1.807) is 23.1 Å². The van der Waals surface area contributed by atoms with E-state index < -0.39 is 0 Å². The number of rotatable bonds is 15. The van der Waals surface area contributed by atoms with Crippen molar-refractivity contribution in [2.24, 2.45) is 5.92 Å². The van der Waals surface area contributed by atoms with Crippen molar-refractivity contribution in [3.05, 3.63) is 12.7 Å². The maximum atomic E-state index is 9.92. The number of nitrogens with one attached hydrogen (secondary N) is 2. The molecule has 2 rings (SSSR count). The third-order valence-electron chi connectivity index (χ3n) is 5.23. The van der Waals surface area contributed by atoms with Crippen LogP contribution < -0.4 is 10.6 Å². The van der Waals surface area contributed by atoms with Crippen molar-refractivity contribution in [1.82, 2.24) is 15.0 Å². The summed E-state index contributed by atoms with van der Waals surface area (Å²) in [6.45, 7) is 17.1.